The third-order valence-corrected chi connectivity index (χ3v) is 2.75. The minimum absolute atomic E-state index is 0.657. The predicted octanol–water partition coefficient (Wildman–Crippen LogP) is 2.74. The van der Waals surface area contributed by atoms with Crippen LogP contribution in [0.25, 0.3) is 0 Å². The number of nitrogens with one attached hydrogen (secondary N) is 2. The van der Waals surface area contributed by atoms with Crippen molar-refractivity contribution in [1.82, 2.24) is 9.97 Å². The average Bonchev–Trinajstić information content (AvgIpc) is 2.78. The molecule has 0 fully saturated rings. The molecule has 0 unspecified atom stereocenters. The van der Waals surface area contributed by atoms with Gasteiger partial charge < -0.3 is 15.2 Å². The van der Waals surface area contributed by atoms with Crippen LogP contribution in [0.1, 0.15) is 5.82 Å². The van der Waals surface area contributed by atoms with E-state index in [-0.39, 0.29) is 0 Å². The molecule has 0 saturated carbocycles. The van der Waals surface area contributed by atoms with Crippen LogP contribution >= 0.6 is 11.6 Å². The van der Waals surface area contributed by atoms with Crippen molar-refractivity contribution in [2.45, 2.75) is 6.54 Å². The summed E-state index contributed by atoms with van der Waals surface area (Å²) < 4.78 is 0. The molecule has 0 aliphatic carbocycles. The summed E-state index contributed by atoms with van der Waals surface area (Å²) in [6.07, 6.45) is 3.54. The van der Waals surface area contributed by atoms with Crippen LogP contribution in [-0.4, -0.2) is 24.1 Å². The molecule has 2 aromatic rings. The lowest BCUT2D eigenvalue weighted by Crippen LogP contribution is -2.09. The highest BCUT2D eigenvalue weighted by Gasteiger charge is 2.03. The molecule has 0 atom stereocenters. The number of aromatic amines is 1. The first kappa shape index (κ1) is 11.8. The molecule has 1 heterocycles. The molecule has 0 bridgehead atoms. The number of rotatable bonds is 4. The van der Waals surface area contributed by atoms with Gasteiger partial charge in [-0.05, 0) is 18.2 Å². The second kappa shape index (κ2) is 5.10. The van der Waals surface area contributed by atoms with E-state index in [0.717, 1.165) is 22.2 Å². The Morgan fingerprint density at radius 1 is 1.41 bits per heavy atom. The van der Waals surface area contributed by atoms with Gasteiger partial charge in [0.2, 0.25) is 0 Å². The van der Waals surface area contributed by atoms with Crippen LogP contribution in [0.15, 0.2) is 30.6 Å². The van der Waals surface area contributed by atoms with Crippen molar-refractivity contribution in [3.05, 3.63) is 41.4 Å². The summed E-state index contributed by atoms with van der Waals surface area (Å²) in [5.74, 6) is 0.901. The number of aromatic nitrogens is 2. The maximum atomic E-state index is 6.18. The third kappa shape index (κ3) is 2.91. The van der Waals surface area contributed by atoms with E-state index in [0.29, 0.717) is 6.54 Å². The highest BCUT2D eigenvalue weighted by atomic mass is 35.5. The van der Waals surface area contributed by atoms with Crippen LogP contribution in [0.2, 0.25) is 5.02 Å². The van der Waals surface area contributed by atoms with Crippen LogP contribution in [0.5, 0.6) is 0 Å². The smallest absolute Gasteiger partial charge is 0.125 e. The standard InChI is InChI=1S/C12H15ClN4/c1-17(2)11-4-3-9(7-10(11)13)16-8-12-14-5-6-15-12/h3-7,16H,8H2,1-2H3,(H,14,15). The van der Waals surface area contributed by atoms with Crippen molar-refractivity contribution in [3.8, 4) is 0 Å². The fraction of sp³-hybridized carbons (Fsp3) is 0.250. The van der Waals surface area contributed by atoms with Gasteiger partial charge in [-0.1, -0.05) is 11.6 Å². The molecule has 90 valence electrons. The molecular weight excluding hydrogens is 236 g/mol. The highest BCUT2D eigenvalue weighted by Crippen LogP contribution is 2.27. The Hall–Kier alpha value is -1.68. The Kier molecular flexibility index (Phi) is 3.54. The molecule has 1 aromatic heterocycles. The predicted molar refractivity (Wildman–Crippen MR) is 71.7 cm³/mol. The van der Waals surface area contributed by atoms with Crippen LogP contribution in [-0.2, 0) is 6.54 Å². The first-order valence-electron chi connectivity index (χ1n) is 5.36. The van der Waals surface area contributed by atoms with E-state index in [1.54, 1.807) is 12.4 Å². The monoisotopic (exact) mass is 250 g/mol. The molecule has 0 radical (unpaired) electrons. The quantitative estimate of drug-likeness (QED) is 0.877. The van der Waals surface area contributed by atoms with Crippen molar-refractivity contribution >= 4 is 23.0 Å². The van der Waals surface area contributed by atoms with Crippen molar-refractivity contribution in [2.24, 2.45) is 0 Å². The molecule has 4 nitrogen and oxygen atoms in total. The fourth-order valence-corrected chi connectivity index (χ4v) is 1.91. The lowest BCUT2D eigenvalue weighted by Gasteiger charge is -2.15. The molecule has 0 amide bonds. The van der Waals surface area contributed by atoms with E-state index in [9.17, 15) is 0 Å². The van der Waals surface area contributed by atoms with Gasteiger partial charge in [0.05, 0.1) is 17.3 Å². The zero-order valence-corrected chi connectivity index (χ0v) is 10.6. The summed E-state index contributed by atoms with van der Waals surface area (Å²) in [5.41, 5.74) is 1.99. The zero-order chi connectivity index (χ0) is 12.3. The van der Waals surface area contributed by atoms with Crippen LogP contribution in [0, 0.1) is 0 Å². The molecule has 2 rings (SSSR count). The van der Waals surface area contributed by atoms with Crippen LogP contribution in [0.3, 0.4) is 0 Å². The van der Waals surface area contributed by atoms with E-state index >= 15 is 0 Å². The van der Waals surface area contributed by atoms with Gasteiger partial charge in [0.1, 0.15) is 5.82 Å². The van der Waals surface area contributed by atoms with Gasteiger partial charge in [-0.15, -0.1) is 0 Å². The van der Waals surface area contributed by atoms with E-state index in [1.165, 1.54) is 0 Å². The van der Waals surface area contributed by atoms with E-state index in [2.05, 4.69) is 15.3 Å². The van der Waals surface area contributed by atoms with Crippen molar-refractivity contribution in [1.29, 1.82) is 0 Å². The summed E-state index contributed by atoms with van der Waals surface area (Å²) in [4.78, 5) is 9.16. The number of H-pyrrole nitrogens is 1. The van der Waals surface area contributed by atoms with Gasteiger partial charge in [0, 0.05) is 32.2 Å². The molecule has 5 heteroatoms. The second-order valence-corrected chi connectivity index (χ2v) is 4.36. The number of nitrogens with zero attached hydrogens (tertiary/aromatic N) is 2. The van der Waals surface area contributed by atoms with Crippen molar-refractivity contribution in [3.63, 3.8) is 0 Å². The van der Waals surface area contributed by atoms with Crippen LogP contribution < -0.4 is 10.2 Å². The summed E-state index contributed by atoms with van der Waals surface area (Å²) in [6, 6.07) is 5.91. The number of hydrogen-bond acceptors (Lipinski definition) is 3. The second-order valence-electron chi connectivity index (χ2n) is 3.95. The summed E-state index contributed by atoms with van der Waals surface area (Å²) >= 11 is 6.18. The molecule has 0 aliphatic rings. The molecule has 1 aromatic carbocycles. The van der Waals surface area contributed by atoms with Gasteiger partial charge in [-0.2, -0.15) is 0 Å². The lowest BCUT2D eigenvalue weighted by atomic mass is 10.2. The fourth-order valence-electron chi connectivity index (χ4n) is 1.56. The largest absolute Gasteiger partial charge is 0.378 e. The Morgan fingerprint density at radius 2 is 2.24 bits per heavy atom. The van der Waals surface area contributed by atoms with Gasteiger partial charge in [0.25, 0.3) is 0 Å². The van der Waals surface area contributed by atoms with Gasteiger partial charge in [-0.25, -0.2) is 4.98 Å². The highest BCUT2D eigenvalue weighted by molar-refractivity contribution is 6.33. The minimum atomic E-state index is 0.657. The number of hydrogen-bond donors (Lipinski definition) is 2. The normalized spacial score (nSPS) is 10.3. The molecular formula is C12H15ClN4. The SMILES string of the molecule is CN(C)c1ccc(NCc2ncc[nH]2)cc1Cl. The molecule has 0 aliphatic heterocycles. The Bertz CT molecular complexity index is 479. The Labute approximate surface area is 106 Å². The summed E-state index contributed by atoms with van der Waals surface area (Å²) in [7, 11) is 3.94. The zero-order valence-electron chi connectivity index (χ0n) is 9.87. The topological polar surface area (TPSA) is 44.0 Å². The number of halogens is 1. The summed E-state index contributed by atoms with van der Waals surface area (Å²) in [5, 5.41) is 3.99. The number of anilines is 2. The number of benzene rings is 1. The number of imidazole rings is 1. The first-order chi connectivity index (χ1) is 8.16. The van der Waals surface area contributed by atoms with Crippen LogP contribution in [0.4, 0.5) is 11.4 Å². The maximum Gasteiger partial charge on any atom is 0.125 e. The maximum absolute atomic E-state index is 6.18. The third-order valence-electron chi connectivity index (χ3n) is 2.44. The van der Waals surface area contributed by atoms with Gasteiger partial charge >= 0.3 is 0 Å². The molecule has 17 heavy (non-hydrogen) atoms. The molecule has 0 spiro atoms. The summed E-state index contributed by atoms with van der Waals surface area (Å²) in [6.45, 7) is 0.657. The van der Waals surface area contributed by atoms with E-state index in [1.807, 2.05) is 37.2 Å². The lowest BCUT2D eigenvalue weighted by molar-refractivity contribution is 1.000. The van der Waals surface area contributed by atoms with Crippen molar-refractivity contribution in [2.75, 3.05) is 24.3 Å². The average molecular weight is 251 g/mol. The van der Waals surface area contributed by atoms with E-state index in [4.69, 9.17) is 11.6 Å². The van der Waals surface area contributed by atoms with E-state index < -0.39 is 0 Å². The van der Waals surface area contributed by atoms with Crippen molar-refractivity contribution < 1.29 is 0 Å². The van der Waals surface area contributed by atoms with Gasteiger partial charge in [-0.3, -0.25) is 0 Å². The minimum Gasteiger partial charge on any atom is -0.378 e. The Morgan fingerprint density at radius 3 is 2.82 bits per heavy atom. The van der Waals surface area contributed by atoms with Gasteiger partial charge in [0.15, 0.2) is 0 Å². The molecule has 0 saturated heterocycles. The Balaban J connectivity index is 2.05. The molecule has 2 N–H and O–H groups in total. The first-order valence-corrected chi connectivity index (χ1v) is 5.73.